The molecule has 1 aliphatic heterocycles. The van der Waals surface area contributed by atoms with E-state index in [2.05, 4.69) is 21.9 Å². The normalized spacial score (nSPS) is 14.8. The number of thioether (sulfide) groups is 1. The molecular formula is C32H32F3N3O4S2. The molecule has 0 radical (unpaired) electrons. The van der Waals surface area contributed by atoms with Crippen molar-refractivity contribution in [3.05, 3.63) is 88.9 Å². The summed E-state index contributed by atoms with van der Waals surface area (Å²) < 4.78 is 50.1. The maximum Gasteiger partial charge on any atom is 0.416 e. The molecule has 1 saturated heterocycles. The Morgan fingerprint density at radius 3 is 2.20 bits per heavy atom. The zero-order chi connectivity index (χ0) is 31.3. The molecule has 44 heavy (non-hydrogen) atoms. The molecule has 0 amide bonds. The third kappa shape index (κ3) is 8.04. The number of piperazine rings is 1. The number of benzene rings is 3. The minimum Gasteiger partial charge on any atom is -0.497 e. The van der Waals surface area contributed by atoms with E-state index in [0.717, 1.165) is 65.2 Å². The lowest BCUT2D eigenvalue weighted by Gasteiger charge is -2.36. The van der Waals surface area contributed by atoms with Gasteiger partial charge in [0.15, 0.2) is 6.10 Å². The molecule has 3 aromatic carbocycles. The number of ether oxygens (including phenoxy) is 2. The second-order valence-electron chi connectivity index (χ2n) is 10.3. The Kier molecular flexibility index (Phi) is 10.0. The van der Waals surface area contributed by atoms with E-state index in [4.69, 9.17) is 19.6 Å². The highest BCUT2D eigenvalue weighted by molar-refractivity contribution is 7.98. The van der Waals surface area contributed by atoms with Crippen LogP contribution in [-0.2, 0) is 23.3 Å². The molecule has 1 unspecified atom stereocenters. The van der Waals surface area contributed by atoms with Crippen LogP contribution in [0.15, 0.2) is 77.7 Å². The van der Waals surface area contributed by atoms with Gasteiger partial charge in [-0.1, -0.05) is 12.1 Å². The second kappa shape index (κ2) is 13.9. The van der Waals surface area contributed by atoms with Crippen molar-refractivity contribution in [2.45, 2.75) is 36.4 Å². The van der Waals surface area contributed by atoms with Gasteiger partial charge in [-0.2, -0.15) is 13.2 Å². The van der Waals surface area contributed by atoms with Gasteiger partial charge in [0.2, 0.25) is 0 Å². The molecule has 0 bridgehead atoms. The molecule has 0 saturated carbocycles. The van der Waals surface area contributed by atoms with Crippen LogP contribution in [0.2, 0.25) is 0 Å². The van der Waals surface area contributed by atoms with Gasteiger partial charge in [-0.25, -0.2) is 9.78 Å². The SMILES string of the molecule is COc1ccc(N2CCN(Cc3nc(-c4ccc(C(F)(F)F)cc4)sc3CSc3ccc(OC(C)C(=O)O)cc3)CC2)cc1. The van der Waals surface area contributed by atoms with Crippen LogP contribution < -0.4 is 14.4 Å². The number of carbonyl (C=O) groups is 1. The van der Waals surface area contributed by atoms with Gasteiger partial charge in [-0.05, 0) is 67.6 Å². The Hall–Kier alpha value is -3.74. The Bertz CT molecular complexity index is 1540. The second-order valence-corrected chi connectivity index (χ2v) is 12.4. The fraction of sp³-hybridized carbons (Fsp3) is 0.312. The molecule has 12 heteroatoms. The lowest BCUT2D eigenvalue weighted by molar-refractivity contribution is -0.144. The standard InChI is InChI=1S/C32H32F3N3O4S2/c1-21(31(39)40)42-26-11-13-27(14-12-26)43-20-29-28(36-30(44-29)22-3-5-23(6-4-22)32(33,34)35)19-37-15-17-38(18-16-37)24-7-9-25(41-2)10-8-24/h3-14,21H,15-20H2,1-2H3,(H,39,40). The van der Waals surface area contributed by atoms with Gasteiger partial charge in [-0.15, -0.1) is 23.1 Å². The van der Waals surface area contributed by atoms with E-state index in [0.29, 0.717) is 28.6 Å². The van der Waals surface area contributed by atoms with Crippen molar-refractivity contribution in [3.8, 4) is 22.1 Å². The summed E-state index contributed by atoms with van der Waals surface area (Å²) in [5.74, 6) is 0.890. The first kappa shape index (κ1) is 31.7. The molecule has 232 valence electrons. The molecule has 1 N–H and O–H groups in total. The number of carboxylic acids is 1. The molecule has 4 aromatic rings. The molecule has 1 atom stereocenters. The maximum absolute atomic E-state index is 13.1. The van der Waals surface area contributed by atoms with Crippen molar-refractivity contribution in [1.29, 1.82) is 0 Å². The minimum atomic E-state index is -4.39. The number of carboxylic acid groups (broad SMARTS) is 1. The minimum absolute atomic E-state index is 0.473. The van der Waals surface area contributed by atoms with E-state index in [1.165, 1.54) is 30.4 Å². The summed E-state index contributed by atoms with van der Waals surface area (Å²) in [6.45, 7) is 5.54. The topological polar surface area (TPSA) is 75.1 Å². The first-order chi connectivity index (χ1) is 21.1. The van der Waals surface area contributed by atoms with Crippen LogP contribution in [0.4, 0.5) is 18.9 Å². The van der Waals surface area contributed by atoms with Crippen LogP contribution in [-0.4, -0.2) is 60.4 Å². The number of aromatic nitrogens is 1. The van der Waals surface area contributed by atoms with Crippen LogP contribution in [0, 0.1) is 0 Å². The maximum atomic E-state index is 13.1. The van der Waals surface area contributed by atoms with Crippen molar-refractivity contribution in [1.82, 2.24) is 9.88 Å². The number of anilines is 1. The highest BCUT2D eigenvalue weighted by atomic mass is 32.2. The quantitative estimate of drug-likeness (QED) is 0.171. The van der Waals surface area contributed by atoms with Crippen LogP contribution in [0.1, 0.15) is 23.1 Å². The predicted octanol–water partition coefficient (Wildman–Crippen LogP) is 7.30. The smallest absolute Gasteiger partial charge is 0.416 e. The molecule has 7 nitrogen and oxygen atoms in total. The summed E-state index contributed by atoms with van der Waals surface area (Å²) in [6, 6.07) is 20.4. The van der Waals surface area contributed by atoms with Gasteiger partial charge in [0.1, 0.15) is 16.5 Å². The largest absolute Gasteiger partial charge is 0.497 e. The van der Waals surface area contributed by atoms with Gasteiger partial charge < -0.3 is 19.5 Å². The highest BCUT2D eigenvalue weighted by Gasteiger charge is 2.30. The first-order valence-electron chi connectivity index (χ1n) is 14.0. The Labute approximate surface area is 262 Å². The Morgan fingerprint density at radius 2 is 1.61 bits per heavy atom. The van der Waals surface area contributed by atoms with E-state index in [-0.39, 0.29) is 0 Å². The van der Waals surface area contributed by atoms with Crippen LogP contribution in [0.25, 0.3) is 10.6 Å². The zero-order valence-electron chi connectivity index (χ0n) is 24.2. The third-order valence-electron chi connectivity index (χ3n) is 7.27. The Morgan fingerprint density at radius 1 is 0.977 bits per heavy atom. The predicted molar refractivity (Wildman–Crippen MR) is 167 cm³/mol. The molecule has 5 rings (SSSR count). The van der Waals surface area contributed by atoms with Crippen LogP contribution >= 0.6 is 23.1 Å². The molecule has 1 aliphatic rings. The Balaban J connectivity index is 1.29. The summed E-state index contributed by atoms with van der Waals surface area (Å²) in [4.78, 5) is 22.7. The zero-order valence-corrected chi connectivity index (χ0v) is 25.8. The molecule has 1 aromatic heterocycles. The fourth-order valence-corrected chi connectivity index (χ4v) is 6.81. The van der Waals surface area contributed by atoms with E-state index >= 15 is 0 Å². The van der Waals surface area contributed by atoms with Gasteiger partial charge in [0, 0.05) is 59.5 Å². The summed E-state index contributed by atoms with van der Waals surface area (Å²) >= 11 is 3.11. The summed E-state index contributed by atoms with van der Waals surface area (Å²) in [5, 5.41) is 9.76. The molecule has 2 heterocycles. The number of methoxy groups -OCH3 is 1. The van der Waals surface area contributed by atoms with Gasteiger partial charge in [0.05, 0.1) is 18.4 Å². The van der Waals surface area contributed by atoms with E-state index in [1.54, 1.807) is 31.0 Å². The molecule has 1 fully saturated rings. The van der Waals surface area contributed by atoms with E-state index in [1.807, 2.05) is 24.3 Å². The number of nitrogens with zero attached hydrogens (tertiary/aromatic N) is 3. The first-order valence-corrected chi connectivity index (χ1v) is 15.8. The average Bonchev–Trinajstić information content (AvgIpc) is 3.43. The summed E-state index contributed by atoms with van der Waals surface area (Å²) in [5.41, 5.74) is 2.03. The summed E-state index contributed by atoms with van der Waals surface area (Å²) in [6.07, 6.45) is -5.34. The number of hydrogen-bond acceptors (Lipinski definition) is 8. The monoisotopic (exact) mass is 643 g/mol. The van der Waals surface area contributed by atoms with Crippen molar-refractivity contribution in [2.24, 2.45) is 0 Å². The van der Waals surface area contributed by atoms with Gasteiger partial charge in [0.25, 0.3) is 0 Å². The fourth-order valence-electron chi connectivity index (χ4n) is 4.73. The number of hydrogen-bond donors (Lipinski definition) is 1. The number of rotatable bonds is 11. The molecule has 0 spiro atoms. The number of thiazole rings is 1. The van der Waals surface area contributed by atoms with Crippen LogP contribution in [0.5, 0.6) is 11.5 Å². The van der Waals surface area contributed by atoms with Gasteiger partial charge in [-0.3, -0.25) is 4.90 Å². The van der Waals surface area contributed by atoms with E-state index in [9.17, 15) is 18.0 Å². The average molecular weight is 644 g/mol. The van der Waals surface area contributed by atoms with Crippen molar-refractivity contribution < 1.29 is 32.5 Å². The van der Waals surface area contributed by atoms with Crippen molar-refractivity contribution in [2.75, 3.05) is 38.2 Å². The highest BCUT2D eigenvalue weighted by Crippen LogP contribution is 2.36. The molecular weight excluding hydrogens is 611 g/mol. The lowest BCUT2D eigenvalue weighted by atomic mass is 10.1. The molecule has 0 aliphatic carbocycles. The summed E-state index contributed by atoms with van der Waals surface area (Å²) in [7, 11) is 1.65. The number of aliphatic carboxylic acids is 1. The lowest BCUT2D eigenvalue weighted by Crippen LogP contribution is -2.46. The van der Waals surface area contributed by atoms with Gasteiger partial charge >= 0.3 is 12.1 Å². The number of alkyl halides is 3. The number of halogens is 3. The van der Waals surface area contributed by atoms with Crippen molar-refractivity contribution in [3.63, 3.8) is 0 Å². The third-order valence-corrected chi connectivity index (χ3v) is 9.64. The van der Waals surface area contributed by atoms with Crippen LogP contribution in [0.3, 0.4) is 0 Å². The van der Waals surface area contributed by atoms with E-state index < -0.39 is 23.8 Å². The van der Waals surface area contributed by atoms with Crippen molar-refractivity contribution >= 4 is 34.8 Å².